The van der Waals surface area contributed by atoms with Crippen LogP contribution in [0, 0.1) is 0 Å². The maximum atomic E-state index is 5.71. The minimum atomic E-state index is 0.702. The number of hydrogen-bond donors (Lipinski definition) is 1. The van der Waals surface area contributed by atoms with Gasteiger partial charge < -0.3 is 5.73 Å². The molecule has 0 unspecified atom stereocenters. The highest BCUT2D eigenvalue weighted by atomic mass is 32.2. The van der Waals surface area contributed by atoms with E-state index in [2.05, 4.69) is 17.2 Å². The molecule has 1 heterocycles. The summed E-state index contributed by atoms with van der Waals surface area (Å²) in [6, 6.07) is 12.3. The van der Waals surface area contributed by atoms with E-state index in [1.165, 1.54) is 5.56 Å². The molecule has 1 aromatic heterocycles. The smallest absolute Gasteiger partial charge is 0.268 e. The molecular weight excluding hydrogens is 218 g/mol. The molecule has 3 nitrogen and oxygen atoms in total. The normalized spacial score (nSPS) is 10.3. The van der Waals surface area contributed by atoms with Crippen molar-refractivity contribution in [2.75, 3.05) is 5.73 Å². The molecular formula is C12H14N3S+. The van der Waals surface area contributed by atoms with Gasteiger partial charge in [-0.1, -0.05) is 35.0 Å². The van der Waals surface area contributed by atoms with E-state index < -0.39 is 0 Å². The van der Waals surface area contributed by atoms with Crippen LogP contribution in [0.15, 0.2) is 47.6 Å². The number of nitrogens with two attached hydrogens (primary N) is 1. The summed E-state index contributed by atoms with van der Waals surface area (Å²) >= 11 is 1.73. The first-order valence-electron chi connectivity index (χ1n) is 5.04. The zero-order valence-corrected chi connectivity index (χ0v) is 9.95. The molecule has 2 rings (SSSR count). The van der Waals surface area contributed by atoms with Gasteiger partial charge in [0.25, 0.3) is 5.03 Å². The maximum Gasteiger partial charge on any atom is 0.268 e. The Bertz CT molecular complexity index is 471. The van der Waals surface area contributed by atoms with Crippen molar-refractivity contribution in [1.82, 2.24) is 5.10 Å². The van der Waals surface area contributed by atoms with Gasteiger partial charge in [0.15, 0.2) is 7.05 Å². The molecule has 0 amide bonds. The molecule has 0 spiro atoms. The van der Waals surface area contributed by atoms with Gasteiger partial charge in [-0.25, -0.2) is 0 Å². The summed E-state index contributed by atoms with van der Waals surface area (Å²) in [5.41, 5.74) is 7.71. The number of benzene rings is 1. The van der Waals surface area contributed by atoms with Crippen molar-refractivity contribution in [1.29, 1.82) is 0 Å². The highest BCUT2D eigenvalue weighted by Crippen LogP contribution is 2.19. The van der Waals surface area contributed by atoms with Crippen molar-refractivity contribution in [3.63, 3.8) is 0 Å². The molecule has 0 aliphatic carbocycles. The standard InChI is InChI=1S/C12H13N3S/c1-15-12(7-11(13)8-14-15)16-9-10-5-3-2-4-6-10/h2-8,13H,9H2,1H3/p+1. The minimum Gasteiger partial charge on any atom is -0.397 e. The number of aryl methyl sites for hydroxylation is 1. The molecule has 2 aromatic rings. The molecule has 1 aromatic carbocycles. The predicted octanol–water partition coefficient (Wildman–Crippen LogP) is 1.78. The van der Waals surface area contributed by atoms with Crippen LogP contribution in [0.3, 0.4) is 0 Å². The fourth-order valence-electron chi connectivity index (χ4n) is 1.35. The third kappa shape index (κ3) is 2.73. The highest BCUT2D eigenvalue weighted by molar-refractivity contribution is 7.98. The fourth-order valence-corrected chi connectivity index (χ4v) is 2.31. The van der Waals surface area contributed by atoms with E-state index in [1.807, 2.05) is 36.0 Å². The molecule has 0 saturated carbocycles. The van der Waals surface area contributed by atoms with Gasteiger partial charge in [0, 0.05) is 11.8 Å². The number of rotatable bonds is 3. The Morgan fingerprint density at radius 1 is 1.31 bits per heavy atom. The highest BCUT2D eigenvalue weighted by Gasteiger charge is 2.09. The van der Waals surface area contributed by atoms with E-state index in [0.717, 1.165) is 10.8 Å². The molecule has 0 aliphatic heterocycles. The summed E-state index contributed by atoms with van der Waals surface area (Å²) in [6.45, 7) is 0. The molecule has 2 N–H and O–H groups in total. The third-order valence-electron chi connectivity index (χ3n) is 2.22. The van der Waals surface area contributed by atoms with Crippen molar-refractivity contribution < 1.29 is 4.68 Å². The largest absolute Gasteiger partial charge is 0.397 e. The molecule has 4 heteroatoms. The lowest BCUT2D eigenvalue weighted by molar-refractivity contribution is -0.765. The second-order valence-corrected chi connectivity index (χ2v) is 4.52. The second kappa shape index (κ2) is 4.99. The second-order valence-electron chi connectivity index (χ2n) is 3.53. The van der Waals surface area contributed by atoms with Gasteiger partial charge in [0.2, 0.25) is 0 Å². The lowest BCUT2D eigenvalue weighted by Crippen LogP contribution is -2.35. The molecule has 16 heavy (non-hydrogen) atoms. The number of anilines is 1. The third-order valence-corrected chi connectivity index (χ3v) is 3.37. The minimum absolute atomic E-state index is 0.702. The van der Waals surface area contributed by atoms with Crippen LogP contribution in [-0.4, -0.2) is 5.10 Å². The quantitative estimate of drug-likeness (QED) is 0.648. The predicted molar refractivity (Wildman–Crippen MR) is 65.8 cm³/mol. The van der Waals surface area contributed by atoms with Crippen molar-refractivity contribution in [2.24, 2.45) is 7.05 Å². The van der Waals surface area contributed by atoms with Gasteiger partial charge in [0.05, 0.1) is 5.69 Å². The number of thioether (sulfide) groups is 1. The van der Waals surface area contributed by atoms with Crippen LogP contribution in [0.2, 0.25) is 0 Å². The first-order valence-corrected chi connectivity index (χ1v) is 6.03. The first-order chi connectivity index (χ1) is 7.75. The summed E-state index contributed by atoms with van der Waals surface area (Å²) in [5, 5.41) is 5.23. The number of nitrogens with zero attached hydrogens (tertiary/aromatic N) is 2. The molecule has 0 aliphatic rings. The van der Waals surface area contributed by atoms with Crippen LogP contribution >= 0.6 is 11.8 Å². The van der Waals surface area contributed by atoms with Crippen LogP contribution in [0.5, 0.6) is 0 Å². The lowest BCUT2D eigenvalue weighted by atomic mass is 10.2. The van der Waals surface area contributed by atoms with Crippen LogP contribution in [0.25, 0.3) is 0 Å². The topological polar surface area (TPSA) is 42.8 Å². The average Bonchev–Trinajstić information content (AvgIpc) is 2.32. The van der Waals surface area contributed by atoms with E-state index in [4.69, 9.17) is 5.73 Å². The summed E-state index contributed by atoms with van der Waals surface area (Å²) in [6.07, 6.45) is 1.66. The Kier molecular flexibility index (Phi) is 3.41. The monoisotopic (exact) mass is 232 g/mol. The van der Waals surface area contributed by atoms with Gasteiger partial charge in [-0.05, 0) is 22.4 Å². The molecule has 0 bridgehead atoms. The van der Waals surface area contributed by atoms with E-state index in [9.17, 15) is 0 Å². The lowest BCUT2D eigenvalue weighted by Gasteiger charge is -1.99. The van der Waals surface area contributed by atoms with Crippen molar-refractivity contribution in [2.45, 2.75) is 10.8 Å². The van der Waals surface area contributed by atoms with Gasteiger partial charge >= 0.3 is 0 Å². The van der Waals surface area contributed by atoms with E-state index in [-0.39, 0.29) is 0 Å². The van der Waals surface area contributed by atoms with Gasteiger partial charge in [-0.15, -0.1) is 0 Å². The number of aromatic nitrogens is 2. The summed E-state index contributed by atoms with van der Waals surface area (Å²) in [4.78, 5) is 0. The fraction of sp³-hybridized carbons (Fsp3) is 0.167. The maximum absolute atomic E-state index is 5.71. The van der Waals surface area contributed by atoms with Crippen molar-refractivity contribution in [3.05, 3.63) is 48.2 Å². The molecule has 82 valence electrons. The van der Waals surface area contributed by atoms with Crippen LogP contribution < -0.4 is 10.4 Å². The Morgan fingerprint density at radius 2 is 2.06 bits per heavy atom. The van der Waals surface area contributed by atoms with Gasteiger partial charge in [0.1, 0.15) is 6.20 Å². The Labute approximate surface area is 99.3 Å². The number of hydrogen-bond acceptors (Lipinski definition) is 3. The van der Waals surface area contributed by atoms with E-state index in [0.29, 0.717) is 5.69 Å². The Morgan fingerprint density at radius 3 is 2.81 bits per heavy atom. The molecule has 0 radical (unpaired) electrons. The average molecular weight is 232 g/mol. The van der Waals surface area contributed by atoms with Gasteiger partial charge in [-0.3, -0.25) is 0 Å². The molecule has 0 atom stereocenters. The summed E-state index contributed by atoms with van der Waals surface area (Å²) < 4.78 is 1.84. The molecule has 0 saturated heterocycles. The first kappa shape index (κ1) is 11.0. The van der Waals surface area contributed by atoms with E-state index >= 15 is 0 Å². The zero-order chi connectivity index (χ0) is 11.4. The van der Waals surface area contributed by atoms with Crippen molar-refractivity contribution >= 4 is 17.4 Å². The van der Waals surface area contributed by atoms with Crippen LogP contribution in [-0.2, 0) is 12.8 Å². The van der Waals surface area contributed by atoms with E-state index in [1.54, 1.807) is 18.0 Å². The SMILES string of the molecule is C[n+]1ncc(N)cc1SCc1ccccc1. The summed E-state index contributed by atoms with van der Waals surface area (Å²) in [5.74, 6) is 0.930. The Balaban J connectivity index is 2.08. The summed E-state index contributed by atoms with van der Waals surface area (Å²) in [7, 11) is 1.92. The zero-order valence-electron chi connectivity index (χ0n) is 9.13. The van der Waals surface area contributed by atoms with Gasteiger partial charge in [-0.2, -0.15) is 0 Å². The van der Waals surface area contributed by atoms with Crippen LogP contribution in [0.4, 0.5) is 5.69 Å². The molecule has 0 fully saturated rings. The Hall–Kier alpha value is -1.55. The van der Waals surface area contributed by atoms with Crippen LogP contribution in [0.1, 0.15) is 5.56 Å². The number of nitrogen functional groups attached to an aromatic ring is 1. The van der Waals surface area contributed by atoms with Crippen molar-refractivity contribution in [3.8, 4) is 0 Å².